The highest BCUT2D eigenvalue weighted by atomic mass is 19.4. The molecule has 1 aromatic carbocycles. The molecule has 1 saturated heterocycles. The van der Waals surface area contributed by atoms with E-state index in [0.29, 0.717) is 25.3 Å². The summed E-state index contributed by atoms with van der Waals surface area (Å²) >= 11 is 0. The Kier molecular flexibility index (Phi) is 7.95. The molecule has 1 aromatic heterocycles. The zero-order valence-corrected chi connectivity index (χ0v) is 16.3. The Morgan fingerprint density at radius 3 is 2.40 bits per heavy atom. The highest BCUT2D eigenvalue weighted by Gasteiger charge is 2.38. The van der Waals surface area contributed by atoms with E-state index in [-0.39, 0.29) is 18.6 Å². The van der Waals surface area contributed by atoms with Gasteiger partial charge in [-0.2, -0.15) is 18.3 Å². The topological polar surface area (TPSA) is 110 Å². The lowest BCUT2D eigenvalue weighted by Crippen LogP contribution is -2.54. The van der Waals surface area contributed by atoms with Gasteiger partial charge in [-0.3, -0.25) is 14.8 Å². The normalized spacial score (nSPS) is 17.2. The van der Waals surface area contributed by atoms with Gasteiger partial charge in [0.15, 0.2) is 0 Å². The summed E-state index contributed by atoms with van der Waals surface area (Å²) in [5, 5.41) is 23.1. The third-order valence-corrected chi connectivity index (χ3v) is 4.62. The largest absolute Gasteiger partial charge is 0.490 e. The van der Waals surface area contributed by atoms with Crippen LogP contribution < -0.4 is 0 Å². The fraction of sp³-hybridized carbons (Fsp3) is 0.421. The highest BCUT2D eigenvalue weighted by molar-refractivity contribution is 5.99. The summed E-state index contributed by atoms with van der Waals surface area (Å²) in [5.41, 5.74) is 2.36. The predicted octanol–water partition coefficient (Wildman–Crippen LogP) is 1.85. The summed E-state index contributed by atoms with van der Waals surface area (Å²) in [6, 6.07) is 10.0. The molecule has 0 aliphatic carbocycles. The molecular formula is C19H23F3N4O4. The Labute approximate surface area is 170 Å². The minimum absolute atomic E-state index is 0.0168. The van der Waals surface area contributed by atoms with Gasteiger partial charge in [-0.25, -0.2) is 4.79 Å². The Morgan fingerprint density at radius 2 is 1.87 bits per heavy atom. The number of rotatable bonds is 4. The van der Waals surface area contributed by atoms with Crippen LogP contribution in [-0.4, -0.2) is 87.1 Å². The molecule has 8 nitrogen and oxygen atoms in total. The van der Waals surface area contributed by atoms with Crippen molar-refractivity contribution in [2.45, 2.75) is 19.1 Å². The number of carboxylic acid groups (broad SMARTS) is 1. The fourth-order valence-electron chi connectivity index (χ4n) is 3.08. The fourth-order valence-corrected chi connectivity index (χ4v) is 3.08. The van der Waals surface area contributed by atoms with Gasteiger partial charge in [0.1, 0.15) is 5.69 Å². The van der Waals surface area contributed by atoms with Gasteiger partial charge in [0.2, 0.25) is 0 Å². The molecule has 2 heterocycles. The first kappa shape index (κ1) is 23.4. The SMILES string of the molecule is CC1CN(C(=O)c2[nH]ncc2-c2ccccc2)CCN1CCO.O=C(O)C(F)(F)F. The number of hydrogen-bond acceptors (Lipinski definition) is 5. The van der Waals surface area contributed by atoms with Crippen LogP contribution in [0.5, 0.6) is 0 Å². The Morgan fingerprint density at radius 1 is 1.23 bits per heavy atom. The Balaban J connectivity index is 0.000000396. The van der Waals surface area contributed by atoms with Crippen LogP contribution in [-0.2, 0) is 4.79 Å². The number of carbonyl (C=O) groups is 2. The lowest BCUT2D eigenvalue weighted by Gasteiger charge is -2.39. The molecule has 3 N–H and O–H groups in total. The maximum Gasteiger partial charge on any atom is 0.490 e. The van der Waals surface area contributed by atoms with Crippen molar-refractivity contribution in [2.75, 3.05) is 32.8 Å². The number of nitrogens with one attached hydrogen (secondary N) is 1. The number of H-pyrrole nitrogens is 1. The number of halogens is 3. The smallest absolute Gasteiger partial charge is 0.475 e. The second kappa shape index (κ2) is 10.2. The van der Waals surface area contributed by atoms with E-state index in [9.17, 15) is 18.0 Å². The second-order valence-corrected chi connectivity index (χ2v) is 6.69. The first-order valence-electron chi connectivity index (χ1n) is 9.18. The van der Waals surface area contributed by atoms with Crippen molar-refractivity contribution < 1.29 is 33.0 Å². The summed E-state index contributed by atoms with van der Waals surface area (Å²) in [7, 11) is 0. The van der Waals surface area contributed by atoms with E-state index in [1.165, 1.54) is 0 Å². The molecule has 1 fully saturated rings. The number of β-amino-alcohol motifs (C(OH)–C–C–N with tert-alkyl or cyclic N) is 1. The van der Waals surface area contributed by atoms with Crippen molar-refractivity contribution in [3.63, 3.8) is 0 Å². The molecule has 164 valence electrons. The van der Waals surface area contributed by atoms with E-state index in [1.807, 2.05) is 35.2 Å². The predicted molar refractivity (Wildman–Crippen MR) is 102 cm³/mol. The van der Waals surface area contributed by atoms with E-state index >= 15 is 0 Å². The van der Waals surface area contributed by atoms with Crippen molar-refractivity contribution in [3.8, 4) is 11.1 Å². The van der Waals surface area contributed by atoms with Crippen LogP contribution in [0.15, 0.2) is 36.5 Å². The molecule has 1 amide bonds. The average molecular weight is 428 g/mol. The number of benzene rings is 1. The van der Waals surface area contributed by atoms with Crippen LogP contribution in [0.3, 0.4) is 0 Å². The van der Waals surface area contributed by atoms with E-state index in [4.69, 9.17) is 15.0 Å². The lowest BCUT2D eigenvalue weighted by molar-refractivity contribution is -0.192. The molecule has 1 atom stereocenters. The number of piperazine rings is 1. The number of aliphatic hydroxyl groups is 1. The molecule has 0 bridgehead atoms. The summed E-state index contributed by atoms with van der Waals surface area (Å²) in [4.78, 5) is 25.8. The van der Waals surface area contributed by atoms with Crippen LogP contribution in [0, 0.1) is 0 Å². The molecule has 0 spiro atoms. The van der Waals surface area contributed by atoms with Crippen LogP contribution in [0.25, 0.3) is 11.1 Å². The van der Waals surface area contributed by atoms with Gasteiger partial charge < -0.3 is 15.1 Å². The van der Waals surface area contributed by atoms with Gasteiger partial charge in [-0.15, -0.1) is 0 Å². The molecule has 1 unspecified atom stereocenters. The molecule has 30 heavy (non-hydrogen) atoms. The number of amides is 1. The Hall–Kier alpha value is -2.92. The Bertz CT molecular complexity index is 842. The molecule has 0 radical (unpaired) electrons. The minimum Gasteiger partial charge on any atom is -0.475 e. The number of nitrogens with zero attached hydrogens (tertiary/aromatic N) is 3. The quantitative estimate of drug-likeness (QED) is 0.686. The number of aliphatic carboxylic acids is 1. The van der Waals surface area contributed by atoms with E-state index in [0.717, 1.165) is 17.7 Å². The van der Waals surface area contributed by atoms with Gasteiger partial charge in [0.25, 0.3) is 5.91 Å². The van der Waals surface area contributed by atoms with Crippen molar-refractivity contribution >= 4 is 11.9 Å². The van der Waals surface area contributed by atoms with Crippen LogP contribution in [0.4, 0.5) is 13.2 Å². The number of carbonyl (C=O) groups excluding carboxylic acids is 1. The third kappa shape index (κ3) is 6.04. The minimum atomic E-state index is -5.08. The van der Waals surface area contributed by atoms with E-state index in [1.54, 1.807) is 6.20 Å². The molecular weight excluding hydrogens is 405 g/mol. The van der Waals surface area contributed by atoms with Crippen LogP contribution in [0.1, 0.15) is 17.4 Å². The van der Waals surface area contributed by atoms with Gasteiger partial charge in [-0.05, 0) is 12.5 Å². The zero-order chi connectivity index (χ0) is 22.3. The lowest BCUT2D eigenvalue weighted by atomic mass is 10.1. The third-order valence-electron chi connectivity index (χ3n) is 4.62. The number of carboxylic acids is 1. The first-order chi connectivity index (χ1) is 14.1. The summed E-state index contributed by atoms with van der Waals surface area (Å²) in [6.45, 7) is 4.99. The number of aliphatic hydroxyl groups excluding tert-OH is 1. The monoisotopic (exact) mass is 428 g/mol. The van der Waals surface area contributed by atoms with Crippen molar-refractivity contribution in [1.82, 2.24) is 20.0 Å². The maximum atomic E-state index is 12.9. The number of alkyl halides is 3. The number of aromatic amines is 1. The summed E-state index contributed by atoms with van der Waals surface area (Å²) < 4.78 is 31.7. The van der Waals surface area contributed by atoms with Crippen molar-refractivity contribution in [2.24, 2.45) is 0 Å². The standard InChI is InChI=1S/C17H22N4O2.C2HF3O2/c1-13-12-21(8-7-20(13)9-10-22)17(23)16-15(11-18-19-16)14-5-3-2-4-6-14;3-2(4,5)1(6)7/h2-6,11,13,22H,7-10,12H2,1H3,(H,18,19);(H,6,7). The number of hydrogen-bond donors (Lipinski definition) is 3. The van der Waals surface area contributed by atoms with E-state index < -0.39 is 12.1 Å². The van der Waals surface area contributed by atoms with Crippen LogP contribution in [0.2, 0.25) is 0 Å². The molecule has 3 rings (SSSR count). The second-order valence-electron chi connectivity index (χ2n) is 6.69. The van der Waals surface area contributed by atoms with Gasteiger partial charge in [-0.1, -0.05) is 30.3 Å². The number of aromatic nitrogens is 2. The molecule has 1 aliphatic heterocycles. The first-order valence-corrected chi connectivity index (χ1v) is 9.18. The van der Waals surface area contributed by atoms with Gasteiger partial charge >= 0.3 is 12.1 Å². The molecule has 1 aliphatic rings. The van der Waals surface area contributed by atoms with Crippen molar-refractivity contribution in [3.05, 3.63) is 42.2 Å². The highest BCUT2D eigenvalue weighted by Crippen LogP contribution is 2.23. The average Bonchev–Trinajstić information content (AvgIpc) is 3.19. The van der Waals surface area contributed by atoms with Crippen molar-refractivity contribution in [1.29, 1.82) is 0 Å². The molecule has 11 heteroatoms. The van der Waals surface area contributed by atoms with Gasteiger partial charge in [0, 0.05) is 37.8 Å². The molecule has 2 aromatic rings. The maximum absolute atomic E-state index is 12.9. The summed E-state index contributed by atoms with van der Waals surface area (Å²) in [6.07, 6.45) is -3.38. The summed E-state index contributed by atoms with van der Waals surface area (Å²) in [5.74, 6) is -2.77. The molecule has 0 saturated carbocycles. The van der Waals surface area contributed by atoms with E-state index in [2.05, 4.69) is 22.0 Å². The zero-order valence-electron chi connectivity index (χ0n) is 16.3. The van der Waals surface area contributed by atoms with Gasteiger partial charge in [0.05, 0.1) is 12.8 Å². The van der Waals surface area contributed by atoms with Crippen LogP contribution >= 0.6 is 0 Å².